The van der Waals surface area contributed by atoms with E-state index in [4.69, 9.17) is 4.74 Å². The molecule has 0 radical (unpaired) electrons. The maximum atomic E-state index is 13.4. The lowest BCUT2D eigenvalue weighted by molar-refractivity contribution is -0.139. The standard InChI is InChI=1S/C23H30BrN3O5S/c1-16(2)25-23(29)17(3)26(14-18-10-12-19(32-4)13-11-18)22(28)15-27(33(5,30)31)21-9-7-6-8-20(21)24/h6-13,16-17H,14-15H2,1-5H3,(H,25,29). The lowest BCUT2D eigenvalue weighted by Gasteiger charge is -2.32. The number of amides is 2. The fourth-order valence-corrected chi connectivity index (χ4v) is 4.64. The van der Waals surface area contributed by atoms with Crippen molar-refractivity contribution >= 4 is 43.5 Å². The van der Waals surface area contributed by atoms with Gasteiger partial charge in [0.05, 0.1) is 19.1 Å². The van der Waals surface area contributed by atoms with E-state index in [1.807, 2.05) is 13.8 Å². The van der Waals surface area contributed by atoms with Crippen LogP contribution in [0.15, 0.2) is 53.0 Å². The van der Waals surface area contributed by atoms with Crippen LogP contribution in [0.3, 0.4) is 0 Å². The van der Waals surface area contributed by atoms with E-state index < -0.39 is 28.5 Å². The summed E-state index contributed by atoms with van der Waals surface area (Å²) in [5.74, 6) is -0.156. The minimum Gasteiger partial charge on any atom is -0.497 e. The number of rotatable bonds is 10. The van der Waals surface area contributed by atoms with Crippen LogP contribution in [0.4, 0.5) is 5.69 Å². The summed E-state index contributed by atoms with van der Waals surface area (Å²) in [6.07, 6.45) is 1.04. The fourth-order valence-electron chi connectivity index (χ4n) is 3.16. The molecule has 0 heterocycles. The average Bonchev–Trinajstić information content (AvgIpc) is 2.75. The Morgan fingerprint density at radius 3 is 2.18 bits per heavy atom. The molecular formula is C23H30BrN3O5S. The van der Waals surface area contributed by atoms with Crippen molar-refractivity contribution in [3.8, 4) is 5.75 Å². The molecule has 0 fully saturated rings. The quantitative estimate of drug-likeness (QED) is 0.500. The Bertz CT molecular complexity index is 1070. The number of carbonyl (C=O) groups is 2. The summed E-state index contributed by atoms with van der Waals surface area (Å²) >= 11 is 3.36. The number of sulfonamides is 1. The van der Waals surface area contributed by atoms with E-state index >= 15 is 0 Å². The molecule has 1 unspecified atom stereocenters. The molecule has 0 aromatic heterocycles. The third-order valence-electron chi connectivity index (χ3n) is 4.91. The van der Waals surface area contributed by atoms with Crippen LogP contribution in [0, 0.1) is 0 Å². The zero-order chi connectivity index (χ0) is 24.8. The van der Waals surface area contributed by atoms with Crippen molar-refractivity contribution in [3.63, 3.8) is 0 Å². The van der Waals surface area contributed by atoms with Gasteiger partial charge in [0.1, 0.15) is 18.3 Å². The van der Waals surface area contributed by atoms with Crippen LogP contribution >= 0.6 is 15.9 Å². The van der Waals surface area contributed by atoms with Crippen LogP contribution in [0.25, 0.3) is 0 Å². The topological polar surface area (TPSA) is 96.0 Å². The van der Waals surface area contributed by atoms with Gasteiger partial charge in [0, 0.05) is 17.1 Å². The highest BCUT2D eigenvalue weighted by molar-refractivity contribution is 9.10. The second-order valence-corrected chi connectivity index (χ2v) is 10.7. The van der Waals surface area contributed by atoms with E-state index in [1.165, 1.54) is 4.90 Å². The van der Waals surface area contributed by atoms with Gasteiger partial charge in [-0.15, -0.1) is 0 Å². The molecule has 1 N–H and O–H groups in total. The molecule has 0 aliphatic carbocycles. The number of hydrogen-bond donors (Lipinski definition) is 1. The van der Waals surface area contributed by atoms with E-state index in [1.54, 1.807) is 62.6 Å². The number of nitrogens with zero attached hydrogens (tertiary/aromatic N) is 2. The fraction of sp³-hybridized carbons (Fsp3) is 0.391. The summed E-state index contributed by atoms with van der Waals surface area (Å²) in [6.45, 7) is 4.97. The second kappa shape index (κ2) is 11.5. The summed E-state index contributed by atoms with van der Waals surface area (Å²) in [5, 5.41) is 2.81. The highest BCUT2D eigenvalue weighted by Crippen LogP contribution is 2.28. The molecule has 0 spiro atoms. The van der Waals surface area contributed by atoms with Gasteiger partial charge < -0.3 is 15.0 Å². The first-order chi connectivity index (χ1) is 15.4. The minimum atomic E-state index is -3.78. The van der Waals surface area contributed by atoms with Crippen LogP contribution in [0.5, 0.6) is 5.75 Å². The number of para-hydroxylation sites is 1. The van der Waals surface area contributed by atoms with Crippen LogP contribution < -0.4 is 14.4 Å². The molecule has 8 nitrogen and oxygen atoms in total. The van der Waals surface area contributed by atoms with E-state index in [0.29, 0.717) is 15.9 Å². The van der Waals surface area contributed by atoms with Crippen molar-refractivity contribution < 1.29 is 22.7 Å². The average molecular weight is 540 g/mol. The molecule has 0 aliphatic heterocycles. The van der Waals surface area contributed by atoms with Crippen molar-refractivity contribution in [2.24, 2.45) is 0 Å². The lowest BCUT2D eigenvalue weighted by Crippen LogP contribution is -2.52. The van der Waals surface area contributed by atoms with Gasteiger partial charge in [-0.2, -0.15) is 0 Å². The number of halogens is 1. The van der Waals surface area contributed by atoms with E-state index in [-0.39, 0.29) is 18.5 Å². The van der Waals surface area contributed by atoms with E-state index in [9.17, 15) is 18.0 Å². The van der Waals surface area contributed by atoms with Crippen LogP contribution in [-0.4, -0.2) is 57.1 Å². The van der Waals surface area contributed by atoms with Crippen molar-refractivity contribution in [3.05, 3.63) is 58.6 Å². The first-order valence-electron chi connectivity index (χ1n) is 10.4. The molecule has 0 bridgehead atoms. The number of nitrogens with one attached hydrogen (secondary N) is 1. The van der Waals surface area contributed by atoms with Crippen molar-refractivity contribution in [1.82, 2.24) is 10.2 Å². The first kappa shape index (κ1) is 26.7. The maximum Gasteiger partial charge on any atom is 0.244 e. The van der Waals surface area contributed by atoms with Gasteiger partial charge in [0.15, 0.2) is 0 Å². The van der Waals surface area contributed by atoms with Gasteiger partial charge >= 0.3 is 0 Å². The van der Waals surface area contributed by atoms with Crippen molar-refractivity contribution in [1.29, 1.82) is 0 Å². The Morgan fingerprint density at radius 2 is 1.67 bits per heavy atom. The Hall–Kier alpha value is -2.59. The Morgan fingerprint density at radius 1 is 1.06 bits per heavy atom. The molecule has 180 valence electrons. The largest absolute Gasteiger partial charge is 0.497 e. The van der Waals surface area contributed by atoms with Gasteiger partial charge in [-0.05, 0) is 66.5 Å². The molecule has 2 aromatic rings. The maximum absolute atomic E-state index is 13.4. The Labute approximate surface area is 204 Å². The summed E-state index contributed by atoms with van der Waals surface area (Å²) < 4.78 is 31.9. The molecule has 2 amide bonds. The van der Waals surface area contributed by atoms with Gasteiger partial charge in [-0.1, -0.05) is 24.3 Å². The summed E-state index contributed by atoms with van der Waals surface area (Å²) in [4.78, 5) is 27.6. The SMILES string of the molecule is COc1ccc(CN(C(=O)CN(c2ccccc2Br)S(C)(=O)=O)C(C)C(=O)NC(C)C)cc1. The predicted octanol–water partition coefficient (Wildman–Crippen LogP) is 3.17. The second-order valence-electron chi connectivity index (χ2n) is 7.93. The van der Waals surface area contributed by atoms with Crippen LogP contribution in [-0.2, 0) is 26.2 Å². The Balaban J connectivity index is 2.39. The summed E-state index contributed by atoms with van der Waals surface area (Å²) in [5.41, 5.74) is 1.12. The molecule has 1 atom stereocenters. The van der Waals surface area contributed by atoms with Crippen molar-refractivity contribution in [2.75, 3.05) is 24.2 Å². The molecule has 0 saturated carbocycles. The van der Waals surface area contributed by atoms with Crippen LogP contribution in [0.2, 0.25) is 0 Å². The first-order valence-corrected chi connectivity index (χ1v) is 13.0. The number of carbonyl (C=O) groups excluding carboxylic acids is 2. The molecule has 10 heteroatoms. The third-order valence-corrected chi connectivity index (χ3v) is 6.71. The molecule has 0 aliphatic rings. The van der Waals surface area contributed by atoms with Gasteiger partial charge in [0.25, 0.3) is 0 Å². The minimum absolute atomic E-state index is 0.106. The van der Waals surface area contributed by atoms with E-state index in [2.05, 4.69) is 21.2 Å². The number of ether oxygens (including phenoxy) is 1. The highest BCUT2D eigenvalue weighted by Gasteiger charge is 2.30. The van der Waals surface area contributed by atoms with E-state index in [0.717, 1.165) is 16.1 Å². The summed E-state index contributed by atoms with van der Waals surface area (Å²) in [6, 6.07) is 13.0. The third kappa shape index (κ3) is 7.46. The summed E-state index contributed by atoms with van der Waals surface area (Å²) in [7, 11) is -2.22. The van der Waals surface area contributed by atoms with Gasteiger partial charge in [-0.3, -0.25) is 13.9 Å². The zero-order valence-electron chi connectivity index (χ0n) is 19.4. The molecular weight excluding hydrogens is 510 g/mol. The van der Waals surface area contributed by atoms with Crippen molar-refractivity contribution in [2.45, 2.75) is 39.4 Å². The molecule has 2 rings (SSSR count). The number of hydrogen-bond acceptors (Lipinski definition) is 5. The molecule has 0 saturated heterocycles. The smallest absolute Gasteiger partial charge is 0.244 e. The lowest BCUT2D eigenvalue weighted by atomic mass is 10.1. The number of benzene rings is 2. The monoisotopic (exact) mass is 539 g/mol. The predicted molar refractivity (Wildman–Crippen MR) is 133 cm³/mol. The highest BCUT2D eigenvalue weighted by atomic mass is 79.9. The normalized spacial score (nSPS) is 12.2. The molecule has 2 aromatic carbocycles. The zero-order valence-corrected chi connectivity index (χ0v) is 21.8. The number of methoxy groups -OCH3 is 1. The Kier molecular flexibility index (Phi) is 9.30. The van der Waals surface area contributed by atoms with Gasteiger partial charge in [-0.25, -0.2) is 8.42 Å². The number of anilines is 1. The van der Waals surface area contributed by atoms with Gasteiger partial charge in [0.2, 0.25) is 21.8 Å². The molecule has 33 heavy (non-hydrogen) atoms. The van der Waals surface area contributed by atoms with Crippen LogP contribution in [0.1, 0.15) is 26.3 Å².